The molecule has 80 valence electrons. The molecule has 0 saturated carbocycles. The molecule has 0 nitrogen and oxygen atoms in total. The highest BCUT2D eigenvalue weighted by Crippen LogP contribution is 2.37. The van der Waals surface area contributed by atoms with Gasteiger partial charge >= 0.3 is 0 Å². The third-order valence-electron chi connectivity index (χ3n) is 3.55. The van der Waals surface area contributed by atoms with Gasteiger partial charge in [0.05, 0.1) is 0 Å². The molecule has 0 atom stereocenters. The lowest BCUT2D eigenvalue weighted by molar-refractivity contribution is 0.487. The first kappa shape index (κ1) is 10.5. The molecule has 2 rings (SSSR count). The molecule has 0 N–H and O–H groups in total. The largest absolute Gasteiger partial charge is 0.0810 e. The summed E-state index contributed by atoms with van der Waals surface area (Å²) in [7, 11) is 0. The number of allylic oxidation sites excluding steroid dienone is 2. The maximum absolute atomic E-state index is 2.38. The molecule has 0 unspecified atom stereocenters. The van der Waals surface area contributed by atoms with Gasteiger partial charge in [-0.3, -0.25) is 0 Å². The molecule has 0 amide bonds. The van der Waals surface area contributed by atoms with Crippen LogP contribution in [-0.4, -0.2) is 0 Å². The smallest absolute Gasteiger partial charge is 0.00945 e. The van der Waals surface area contributed by atoms with Crippen LogP contribution in [-0.2, 0) is 5.41 Å². The minimum Gasteiger partial charge on any atom is -0.0810 e. The molecule has 0 fully saturated rings. The van der Waals surface area contributed by atoms with Crippen LogP contribution in [0.25, 0.3) is 5.57 Å². The molecule has 1 aromatic carbocycles. The Morgan fingerprint density at radius 2 is 1.87 bits per heavy atom. The fourth-order valence-electron chi connectivity index (χ4n) is 2.46. The van der Waals surface area contributed by atoms with Gasteiger partial charge in [-0.1, -0.05) is 43.7 Å². The highest BCUT2D eigenvalue weighted by Gasteiger charge is 2.25. The summed E-state index contributed by atoms with van der Waals surface area (Å²) in [5.74, 6) is 0. The van der Waals surface area contributed by atoms with Crippen molar-refractivity contribution in [2.45, 2.75) is 46.0 Å². The zero-order valence-electron chi connectivity index (χ0n) is 10.2. The predicted molar refractivity (Wildman–Crippen MR) is 67.1 cm³/mol. The summed E-state index contributed by atoms with van der Waals surface area (Å²) in [6.07, 6.45) is 4.83. The number of aryl methyl sites for hydroxylation is 1. The monoisotopic (exact) mass is 200 g/mol. The molecule has 0 aromatic heterocycles. The second-order valence-electron chi connectivity index (χ2n) is 5.36. The fraction of sp³-hybridized carbons (Fsp3) is 0.467. The Morgan fingerprint density at radius 1 is 1.13 bits per heavy atom. The first-order chi connectivity index (χ1) is 7.00. The second kappa shape index (κ2) is 3.52. The minimum absolute atomic E-state index is 0.315. The third kappa shape index (κ3) is 1.86. The van der Waals surface area contributed by atoms with E-state index in [0.29, 0.717) is 5.41 Å². The Kier molecular flexibility index (Phi) is 2.46. The number of fused-ring (bicyclic) bond motifs is 1. The Labute approximate surface area is 93.0 Å². The van der Waals surface area contributed by atoms with Gasteiger partial charge in [-0.15, -0.1) is 0 Å². The van der Waals surface area contributed by atoms with Crippen LogP contribution in [0.5, 0.6) is 0 Å². The van der Waals surface area contributed by atoms with E-state index in [1.807, 2.05) is 0 Å². The zero-order valence-corrected chi connectivity index (χ0v) is 10.2. The van der Waals surface area contributed by atoms with Crippen molar-refractivity contribution in [3.63, 3.8) is 0 Å². The van der Waals surface area contributed by atoms with Crippen LogP contribution in [0.3, 0.4) is 0 Å². The van der Waals surface area contributed by atoms with Crippen molar-refractivity contribution in [3.05, 3.63) is 41.0 Å². The minimum atomic E-state index is 0.315. The van der Waals surface area contributed by atoms with Crippen molar-refractivity contribution in [1.29, 1.82) is 0 Å². The van der Waals surface area contributed by atoms with E-state index >= 15 is 0 Å². The van der Waals surface area contributed by atoms with Crippen LogP contribution in [0.1, 0.15) is 50.3 Å². The van der Waals surface area contributed by atoms with E-state index in [4.69, 9.17) is 0 Å². The lowest BCUT2D eigenvalue weighted by Gasteiger charge is -2.26. The number of benzene rings is 1. The first-order valence-corrected chi connectivity index (χ1v) is 5.79. The molecule has 1 aliphatic carbocycles. The van der Waals surface area contributed by atoms with E-state index in [2.05, 4.69) is 52.0 Å². The summed E-state index contributed by atoms with van der Waals surface area (Å²) in [5.41, 5.74) is 6.10. The third-order valence-corrected chi connectivity index (χ3v) is 3.55. The maximum atomic E-state index is 2.38. The number of rotatable bonds is 0. The van der Waals surface area contributed by atoms with Gasteiger partial charge in [0.25, 0.3) is 0 Å². The van der Waals surface area contributed by atoms with Crippen LogP contribution < -0.4 is 0 Å². The molecule has 1 aliphatic rings. The van der Waals surface area contributed by atoms with Crippen LogP contribution in [0.2, 0.25) is 0 Å². The summed E-state index contributed by atoms with van der Waals surface area (Å²) >= 11 is 0. The van der Waals surface area contributed by atoms with Crippen molar-refractivity contribution in [2.75, 3.05) is 0 Å². The van der Waals surface area contributed by atoms with E-state index < -0.39 is 0 Å². The molecule has 15 heavy (non-hydrogen) atoms. The second-order valence-corrected chi connectivity index (χ2v) is 5.36. The number of hydrogen-bond acceptors (Lipinski definition) is 0. The topological polar surface area (TPSA) is 0 Å². The maximum Gasteiger partial charge on any atom is -0.00945 e. The van der Waals surface area contributed by atoms with E-state index in [1.165, 1.54) is 35.1 Å². The Morgan fingerprint density at radius 3 is 2.60 bits per heavy atom. The van der Waals surface area contributed by atoms with E-state index in [1.54, 1.807) is 0 Å². The summed E-state index contributed by atoms with van der Waals surface area (Å²) in [5, 5.41) is 0. The van der Waals surface area contributed by atoms with Gasteiger partial charge in [0.2, 0.25) is 0 Å². The Hall–Kier alpha value is -1.04. The molecule has 0 spiro atoms. The van der Waals surface area contributed by atoms with Crippen molar-refractivity contribution in [3.8, 4) is 0 Å². The van der Waals surface area contributed by atoms with Gasteiger partial charge in [-0.2, -0.15) is 0 Å². The van der Waals surface area contributed by atoms with Gasteiger partial charge in [-0.25, -0.2) is 0 Å². The predicted octanol–water partition coefficient (Wildman–Crippen LogP) is 4.47. The molecule has 1 aromatic rings. The average Bonchev–Trinajstić information content (AvgIpc) is 2.26. The van der Waals surface area contributed by atoms with Gasteiger partial charge in [0, 0.05) is 0 Å². The summed E-state index contributed by atoms with van der Waals surface area (Å²) in [6, 6.07) is 6.86. The Balaban J connectivity index is 2.65. The fourth-order valence-corrected chi connectivity index (χ4v) is 2.46. The first-order valence-electron chi connectivity index (χ1n) is 5.79. The molecule has 0 bridgehead atoms. The summed E-state index contributed by atoms with van der Waals surface area (Å²) in [6.45, 7) is 9.13. The van der Waals surface area contributed by atoms with Crippen LogP contribution >= 0.6 is 0 Å². The standard InChI is InChI=1S/C15H20/c1-11-7-8-13-12(2)6-5-9-15(3,4)14(13)10-11/h6-8,10H,5,9H2,1-4H3. The molecule has 0 aliphatic heterocycles. The molecule has 0 heterocycles. The van der Waals surface area contributed by atoms with Crippen molar-refractivity contribution < 1.29 is 0 Å². The van der Waals surface area contributed by atoms with Gasteiger partial charge < -0.3 is 0 Å². The summed E-state index contributed by atoms with van der Waals surface area (Å²) < 4.78 is 0. The molecule has 0 heteroatoms. The van der Waals surface area contributed by atoms with Crippen molar-refractivity contribution >= 4 is 5.57 Å². The van der Waals surface area contributed by atoms with Crippen LogP contribution in [0.15, 0.2) is 24.3 Å². The average molecular weight is 200 g/mol. The molecule has 0 saturated heterocycles. The molecular weight excluding hydrogens is 180 g/mol. The van der Waals surface area contributed by atoms with Gasteiger partial charge in [-0.05, 0) is 48.8 Å². The zero-order chi connectivity index (χ0) is 11.1. The number of hydrogen-bond donors (Lipinski definition) is 0. The lowest BCUT2D eigenvalue weighted by atomic mass is 9.78. The van der Waals surface area contributed by atoms with E-state index in [9.17, 15) is 0 Å². The molecule has 0 radical (unpaired) electrons. The quantitative estimate of drug-likeness (QED) is 0.579. The van der Waals surface area contributed by atoms with Crippen molar-refractivity contribution in [1.82, 2.24) is 0 Å². The highest BCUT2D eigenvalue weighted by atomic mass is 14.3. The van der Waals surface area contributed by atoms with E-state index in [0.717, 1.165) is 0 Å². The van der Waals surface area contributed by atoms with Crippen LogP contribution in [0.4, 0.5) is 0 Å². The highest BCUT2D eigenvalue weighted by molar-refractivity contribution is 5.69. The molecular formula is C15H20. The lowest BCUT2D eigenvalue weighted by Crippen LogP contribution is -2.17. The SMILES string of the molecule is CC1=CCCC(C)(C)c2cc(C)ccc21. The summed E-state index contributed by atoms with van der Waals surface area (Å²) in [4.78, 5) is 0. The van der Waals surface area contributed by atoms with Gasteiger partial charge in [0.1, 0.15) is 0 Å². The Bertz CT molecular complexity index is 408. The van der Waals surface area contributed by atoms with Crippen molar-refractivity contribution in [2.24, 2.45) is 0 Å². The normalized spacial score (nSPS) is 19.1. The van der Waals surface area contributed by atoms with Gasteiger partial charge in [0.15, 0.2) is 0 Å². The van der Waals surface area contributed by atoms with E-state index in [-0.39, 0.29) is 0 Å². The van der Waals surface area contributed by atoms with Crippen LogP contribution in [0, 0.1) is 6.92 Å².